The van der Waals surface area contributed by atoms with Gasteiger partial charge in [0.15, 0.2) is 0 Å². The van der Waals surface area contributed by atoms with Crippen molar-refractivity contribution < 1.29 is 14.4 Å². The molecule has 112 valence electrons. The van der Waals surface area contributed by atoms with Crippen molar-refractivity contribution in [3.05, 3.63) is 24.3 Å². The van der Waals surface area contributed by atoms with Crippen LogP contribution in [0.25, 0.3) is 0 Å². The Morgan fingerprint density at radius 1 is 1.14 bits per heavy atom. The molecule has 2 rings (SSSR count). The Hall–Kier alpha value is -2.37. The molecule has 0 spiro atoms. The third-order valence-corrected chi connectivity index (χ3v) is 3.14. The van der Waals surface area contributed by atoms with Gasteiger partial charge in [0, 0.05) is 30.4 Å². The maximum Gasteiger partial charge on any atom is 0.313 e. The minimum Gasteiger partial charge on any atom is -0.346 e. The summed E-state index contributed by atoms with van der Waals surface area (Å²) in [5, 5.41) is 5.04. The molecule has 1 aliphatic heterocycles. The number of carbonyl (C=O) groups excluding carboxylic acids is 3. The molecule has 0 atom stereocenters. The molecule has 1 aliphatic rings. The van der Waals surface area contributed by atoms with Crippen LogP contribution in [0.3, 0.4) is 0 Å². The van der Waals surface area contributed by atoms with Gasteiger partial charge in [-0.15, -0.1) is 0 Å². The highest BCUT2D eigenvalue weighted by atomic mass is 16.2. The molecule has 1 fully saturated rings. The van der Waals surface area contributed by atoms with Crippen LogP contribution in [0.1, 0.15) is 26.7 Å². The summed E-state index contributed by atoms with van der Waals surface area (Å²) in [6.07, 6.45) is 1.44. The van der Waals surface area contributed by atoms with Crippen LogP contribution < -0.4 is 15.5 Å². The number of benzene rings is 1. The molecule has 21 heavy (non-hydrogen) atoms. The predicted molar refractivity (Wildman–Crippen MR) is 79.9 cm³/mol. The monoisotopic (exact) mass is 289 g/mol. The molecule has 1 aromatic carbocycles. The lowest BCUT2D eigenvalue weighted by Crippen LogP contribution is -2.39. The van der Waals surface area contributed by atoms with Gasteiger partial charge in [-0.3, -0.25) is 14.4 Å². The first-order valence-corrected chi connectivity index (χ1v) is 6.99. The molecule has 0 unspecified atom stereocenters. The Balaban J connectivity index is 1.98. The van der Waals surface area contributed by atoms with Crippen LogP contribution in [0.2, 0.25) is 0 Å². The smallest absolute Gasteiger partial charge is 0.313 e. The van der Waals surface area contributed by atoms with Gasteiger partial charge in [0.1, 0.15) is 0 Å². The summed E-state index contributed by atoms with van der Waals surface area (Å²) in [4.78, 5) is 36.5. The van der Waals surface area contributed by atoms with Crippen molar-refractivity contribution in [2.45, 2.75) is 32.7 Å². The predicted octanol–water partition coefficient (Wildman–Crippen LogP) is 1.28. The molecule has 6 heteroatoms. The average Bonchev–Trinajstić information content (AvgIpc) is 2.85. The molecule has 0 aliphatic carbocycles. The lowest BCUT2D eigenvalue weighted by Gasteiger charge is -2.16. The summed E-state index contributed by atoms with van der Waals surface area (Å²) >= 11 is 0. The van der Waals surface area contributed by atoms with Crippen molar-refractivity contribution in [3.63, 3.8) is 0 Å². The summed E-state index contributed by atoms with van der Waals surface area (Å²) in [5.41, 5.74) is 1.33. The van der Waals surface area contributed by atoms with Gasteiger partial charge in [-0.25, -0.2) is 0 Å². The summed E-state index contributed by atoms with van der Waals surface area (Å²) in [6.45, 7) is 4.29. The van der Waals surface area contributed by atoms with Crippen LogP contribution in [0.5, 0.6) is 0 Å². The zero-order valence-corrected chi connectivity index (χ0v) is 12.2. The van der Waals surface area contributed by atoms with Crippen LogP contribution in [-0.2, 0) is 14.4 Å². The molecule has 0 radical (unpaired) electrons. The number of amides is 3. The number of rotatable bonds is 3. The average molecular weight is 289 g/mol. The second kappa shape index (κ2) is 6.39. The van der Waals surface area contributed by atoms with Crippen molar-refractivity contribution in [1.29, 1.82) is 0 Å². The highest BCUT2D eigenvalue weighted by Gasteiger charge is 2.21. The Kier molecular flexibility index (Phi) is 4.57. The van der Waals surface area contributed by atoms with Gasteiger partial charge in [0.05, 0.1) is 0 Å². The van der Waals surface area contributed by atoms with E-state index in [-0.39, 0.29) is 11.9 Å². The maximum atomic E-state index is 11.7. The van der Waals surface area contributed by atoms with Crippen molar-refractivity contribution in [1.82, 2.24) is 5.32 Å². The topological polar surface area (TPSA) is 78.5 Å². The van der Waals surface area contributed by atoms with E-state index < -0.39 is 11.8 Å². The van der Waals surface area contributed by atoms with Gasteiger partial charge >= 0.3 is 11.8 Å². The van der Waals surface area contributed by atoms with Crippen molar-refractivity contribution >= 4 is 29.1 Å². The van der Waals surface area contributed by atoms with E-state index in [1.54, 1.807) is 43.0 Å². The molecule has 1 aromatic rings. The van der Waals surface area contributed by atoms with Gasteiger partial charge in [0.2, 0.25) is 5.91 Å². The van der Waals surface area contributed by atoms with E-state index in [1.165, 1.54) is 0 Å². The first-order valence-electron chi connectivity index (χ1n) is 6.99. The largest absolute Gasteiger partial charge is 0.346 e. The zero-order chi connectivity index (χ0) is 15.4. The van der Waals surface area contributed by atoms with Gasteiger partial charge < -0.3 is 15.5 Å². The molecular formula is C15H19N3O3. The Labute approximate surface area is 123 Å². The number of hydrogen-bond donors (Lipinski definition) is 2. The van der Waals surface area contributed by atoms with Crippen LogP contribution in [0.15, 0.2) is 24.3 Å². The highest BCUT2D eigenvalue weighted by Crippen LogP contribution is 2.22. The second-order valence-corrected chi connectivity index (χ2v) is 5.28. The molecule has 1 saturated heterocycles. The molecule has 0 aromatic heterocycles. The standard InChI is InChI=1S/C15H19N3O3/c1-10(2)16-14(20)15(21)17-11-5-7-12(8-6-11)18-9-3-4-13(18)19/h5-8,10H,3-4,9H2,1-2H3,(H,16,20)(H,17,21). The molecule has 0 saturated carbocycles. The van der Waals surface area contributed by atoms with Gasteiger partial charge in [-0.05, 0) is 44.5 Å². The number of anilines is 2. The van der Waals surface area contributed by atoms with Crippen LogP contribution >= 0.6 is 0 Å². The molecule has 2 N–H and O–H groups in total. The summed E-state index contributed by atoms with van der Waals surface area (Å²) in [7, 11) is 0. The number of hydrogen-bond acceptors (Lipinski definition) is 3. The summed E-state index contributed by atoms with van der Waals surface area (Å²) in [5.74, 6) is -1.25. The summed E-state index contributed by atoms with van der Waals surface area (Å²) in [6, 6.07) is 6.80. The fourth-order valence-corrected chi connectivity index (χ4v) is 2.16. The SMILES string of the molecule is CC(C)NC(=O)C(=O)Nc1ccc(N2CCCC2=O)cc1. The van der Waals surface area contributed by atoms with E-state index in [0.29, 0.717) is 12.1 Å². The molecule has 1 heterocycles. The Bertz CT molecular complexity index is 552. The van der Waals surface area contributed by atoms with Gasteiger partial charge in [0.25, 0.3) is 0 Å². The maximum absolute atomic E-state index is 11.7. The molecule has 3 amide bonds. The van der Waals surface area contributed by atoms with E-state index in [2.05, 4.69) is 10.6 Å². The Morgan fingerprint density at radius 3 is 2.33 bits per heavy atom. The first kappa shape index (κ1) is 15.0. The van der Waals surface area contributed by atoms with Crippen LogP contribution in [-0.4, -0.2) is 30.3 Å². The van der Waals surface area contributed by atoms with Crippen molar-refractivity contribution in [3.8, 4) is 0 Å². The van der Waals surface area contributed by atoms with E-state index in [1.807, 2.05) is 0 Å². The highest BCUT2D eigenvalue weighted by molar-refractivity contribution is 6.39. The third-order valence-electron chi connectivity index (χ3n) is 3.14. The molecular weight excluding hydrogens is 270 g/mol. The third kappa shape index (κ3) is 3.81. The number of nitrogens with one attached hydrogen (secondary N) is 2. The van der Waals surface area contributed by atoms with Crippen molar-refractivity contribution in [2.75, 3.05) is 16.8 Å². The molecule has 0 bridgehead atoms. The van der Waals surface area contributed by atoms with Crippen LogP contribution in [0, 0.1) is 0 Å². The van der Waals surface area contributed by atoms with E-state index in [0.717, 1.165) is 18.7 Å². The zero-order valence-electron chi connectivity index (χ0n) is 12.2. The van der Waals surface area contributed by atoms with Crippen LogP contribution in [0.4, 0.5) is 11.4 Å². The number of nitrogens with zero attached hydrogens (tertiary/aromatic N) is 1. The normalized spacial score (nSPS) is 14.4. The van der Waals surface area contributed by atoms with E-state index >= 15 is 0 Å². The van der Waals surface area contributed by atoms with E-state index in [4.69, 9.17) is 0 Å². The minimum atomic E-state index is -0.700. The van der Waals surface area contributed by atoms with Crippen molar-refractivity contribution in [2.24, 2.45) is 0 Å². The van der Waals surface area contributed by atoms with E-state index in [9.17, 15) is 14.4 Å². The lowest BCUT2D eigenvalue weighted by molar-refractivity contribution is -0.136. The van der Waals surface area contributed by atoms with Gasteiger partial charge in [-0.2, -0.15) is 0 Å². The fraction of sp³-hybridized carbons (Fsp3) is 0.400. The minimum absolute atomic E-state index is 0.0909. The fourth-order valence-electron chi connectivity index (χ4n) is 2.16. The Morgan fingerprint density at radius 2 is 1.81 bits per heavy atom. The summed E-state index contributed by atoms with van der Waals surface area (Å²) < 4.78 is 0. The number of carbonyl (C=O) groups is 3. The molecule has 6 nitrogen and oxygen atoms in total. The van der Waals surface area contributed by atoms with Gasteiger partial charge in [-0.1, -0.05) is 0 Å². The first-order chi connectivity index (χ1) is 9.97. The quantitative estimate of drug-likeness (QED) is 0.823. The second-order valence-electron chi connectivity index (χ2n) is 5.28. The lowest BCUT2D eigenvalue weighted by atomic mass is 10.2.